The quantitative estimate of drug-likeness (QED) is 0.435. The first-order valence-corrected chi connectivity index (χ1v) is 4.82. The monoisotopic (exact) mass is 226 g/mol. The maximum atomic E-state index is 10.9. The van der Waals surface area contributed by atoms with E-state index in [9.17, 15) is 4.79 Å². The van der Waals surface area contributed by atoms with Crippen LogP contribution in [0.2, 0.25) is 0 Å². The molecule has 1 aromatic carbocycles. The number of rotatable bonds is 1. The van der Waals surface area contributed by atoms with Crippen LogP contribution < -0.4 is 10.4 Å². The molecule has 1 rings (SSSR count). The van der Waals surface area contributed by atoms with Crippen molar-refractivity contribution >= 4 is 40.8 Å². The average molecular weight is 226 g/mol. The average Bonchev–Trinajstić information content (AvgIpc) is 2.15. The first-order chi connectivity index (χ1) is 6.61. The van der Waals surface area contributed by atoms with Gasteiger partial charge in [0.2, 0.25) is 5.91 Å². The number of carbonyl (C=O) groups excluding carboxylic acids is 1. The molecular formula is C9H10N2OS2. The van der Waals surface area contributed by atoms with Gasteiger partial charge in [-0.1, -0.05) is 30.4 Å². The van der Waals surface area contributed by atoms with Crippen LogP contribution in [0.4, 0.5) is 5.69 Å². The Balaban J connectivity index is 2.89. The van der Waals surface area contributed by atoms with Crippen LogP contribution >= 0.6 is 24.8 Å². The SMILES string of the molecule is CC(=O)NN(C(=S)S)c1ccccc1. The summed E-state index contributed by atoms with van der Waals surface area (Å²) in [5.41, 5.74) is 3.35. The number of para-hydroxylation sites is 1. The molecular weight excluding hydrogens is 216 g/mol. The summed E-state index contributed by atoms with van der Waals surface area (Å²) < 4.78 is 0.298. The molecule has 0 radical (unpaired) electrons. The Morgan fingerprint density at radius 2 is 2.00 bits per heavy atom. The third kappa shape index (κ3) is 3.01. The zero-order valence-corrected chi connectivity index (χ0v) is 9.31. The summed E-state index contributed by atoms with van der Waals surface area (Å²) in [5.74, 6) is -0.190. The zero-order valence-electron chi connectivity index (χ0n) is 7.60. The van der Waals surface area contributed by atoms with Crippen molar-refractivity contribution in [1.82, 2.24) is 5.43 Å². The zero-order chi connectivity index (χ0) is 10.6. The molecule has 0 aromatic heterocycles. The Kier molecular flexibility index (Phi) is 3.91. The van der Waals surface area contributed by atoms with Gasteiger partial charge in [0.1, 0.15) is 0 Å². The van der Waals surface area contributed by atoms with E-state index in [1.807, 2.05) is 30.3 Å². The second kappa shape index (κ2) is 4.97. The predicted molar refractivity (Wildman–Crippen MR) is 64.3 cm³/mol. The fraction of sp³-hybridized carbons (Fsp3) is 0.111. The van der Waals surface area contributed by atoms with Crippen molar-refractivity contribution in [3.63, 3.8) is 0 Å². The number of nitrogens with one attached hydrogen (secondary N) is 1. The van der Waals surface area contributed by atoms with Crippen molar-refractivity contribution in [3.05, 3.63) is 30.3 Å². The van der Waals surface area contributed by atoms with Gasteiger partial charge < -0.3 is 0 Å². The van der Waals surface area contributed by atoms with E-state index in [2.05, 4.69) is 18.1 Å². The van der Waals surface area contributed by atoms with Gasteiger partial charge in [-0.3, -0.25) is 10.2 Å². The van der Waals surface area contributed by atoms with E-state index in [1.165, 1.54) is 11.9 Å². The van der Waals surface area contributed by atoms with E-state index in [4.69, 9.17) is 12.2 Å². The molecule has 0 aliphatic heterocycles. The van der Waals surface area contributed by atoms with E-state index >= 15 is 0 Å². The first kappa shape index (κ1) is 11.0. The van der Waals surface area contributed by atoms with Crippen molar-refractivity contribution in [3.8, 4) is 0 Å². The molecule has 14 heavy (non-hydrogen) atoms. The van der Waals surface area contributed by atoms with Gasteiger partial charge in [-0.25, -0.2) is 5.01 Å². The van der Waals surface area contributed by atoms with Crippen LogP contribution in [-0.4, -0.2) is 10.2 Å². The summed E-state index contributed by atoms with van der Waals surface area (Å²) in [6.45, 7) is 1.42. The number of nitrogens with zero attached hydrogens (tertiary/aromatic N) is 1. The van der Waals surface area contributed by atoms with Crippen molar-refractivity contribution in [2.24, 2.45) is 0 Å². The Hall–Kier alpha value is -1.07. The molecule has 1 aromatic rings. The van der Waals surface area contributed by atoms with Crippen LogP contribution in [0.5, 0.6) is 0 Å². The predicted octanol–water partition coefficient (Wildman–Crippen LogP) is 1.76. The van der Waals surface area contributed by atoms with Crippen molar-refractivity contribution in [1.29, 1.82) is 0 Å². The first-order valence-electron chi connectivity index (χ1n) is 3.96. The highest BCUT2D eigenvalue weighted by Gasteiger charge is 2.09. The molecule has 0 saturated carbocycles. The molecule has 0 atom stereocenters. The molecule has 0 heterocycles. The maximum Gasteiger partial charge on any atom is 0.235 e. The number of benzene rings is 1. The number of thiocarbonyl (C=S) groups is 1. The van der Waals surface area contributed by atoms with E-state index in [0.29, 0.717) is 4.32 Å². The summed E-state index contributed by atoms with van der Waals surface area (Å²) in [5, 5.41) is 1.45. The lowest BCUT2D eigenvalue weighted by molar-refractivity contribution is -0.118. The van der Waals surface area contributed by atoms with Gasteiger partial charge in [0.05, 0.1) is 5.69 Å². The Morgan fingerprint density at radius 3 is 2.43 bits per heavy atom. The lowest BCUT2D eigenvalue weighted by Crippen LogP contribution is -2.42. The third-order valence-electron chi connectivity index (χ3n) is 1.47. The van der Waals surface area contributed by atoms with Crippen molar-refractivity contribution in [2.45, 2.75) is 6.92 Å². The summed E-state index contributed by atoms with van der Waals surface area (Å²) >= 11 is 8.91. The minimum atomic E-state index is -0.190. The molecule has 0 aliphatic carbocycles. The van der Waals surface area contributed by atoms with Gasteiger partial charge in [0.15, 0.2) is 4.32 Å². The molecule has 0 spiro atoms. The van der Waals surface area contributed by atoms with Crippen LogP contribution in [0.15, 0.2) is 30.3 Å². The summed E-state index contributed by atoms with van der Waals surface area (Å²) in [7, 11) is 0. The normalized spacial score (nSPS) is 9.29. The van der Waals surface area contributed by atoms with Gasteiger partial charge in [0, 0.05) is 6.92 Å². The molecule has 1 N–H and O–H groups in total. The van der Waals surface area contributed by atoms with E-state index in [0.717, 1.165) is 5.69 Å². The number of hydrazine groups is 1. The third-order valence-corrected chi connectivity index (χ3v) is 1.86. The number of hydrogen-bond donors (Lipinski definition) is 2. The molecule has 0 bridgehead atoms. The minimum absolute atomic E-state index is 0.190. The maximum absolute atomic E-state index is 10.9. The standard InChI is InChI=1S/C9H10N2OS2/c1-7(12)10-11(9(13)14)8-5-3-2-4-6-8/h2-6H,1H3,(H,10,12)(H,13,14). The molecule has 0 fully saturated rings. The molecule has 5 heteroatoms. The van der Waals surface area contributed by atoms with E-state index < -0.39 is 0 Å². The van der Waals surface area contributed by atoms with Crippen LogP contribution in [0.25, 0.3) is 0 Å². The molecule has 1 amide bonds. The van der Waals surface area contributed by atoms with Gasteiger partial charge >= 0.3 is 0 Å². The van der Waals surface area contributed by atoms with Crippen molar-refractivity contribution in [2.75, 3.05) is 5.01 Å². The highest BCUT2D eigenvalue weighted by atomic mass is 32.1. The van der Waals surface area contributed by atoms with Crippen LogP contribution in [0.3, 0.4) is 0 Å². The van der Waals surface area contributed by atoms with Gasteiger partial charge in [-0.2, -0.15) is 0 Å². The molecule has 3 nitrogen and oxygen atoms in total. The summed E-state index contributed by atoms with van der Waals surface area (Å²) in [4.78, 5) is 10.9. The van der Waals surface area contributed by atoms with Gasteiger partial charge in [0.25, 0.3) is 0 Å². The summed E-state index contributed by atoms with van der Waals surface area (Å²) in [6.07, 6.45) is 0. The largest absolute Gasteiger partial charge is 0.274 e. The number of thiol groups is 1. The number of anilines is 1. The molecule has 0 saturated heterocycles. The lowest BCUT2D eigenvalue weighted by Gasteiger charge is -2.22. The second-order valence-electron chi connectivity index (χ2n) is 2.62. The van der Waals surface area contributed by atoms with Crippen molar-refractivity contribution < 1.29 is 4.79 Å². The van der Waals surface area contributed by atoms with Gasteiger partial charge in [-0.15, -0.1) is 12.6 Å². The lowest BCUT2D eigenvalue weighted by atomic mass is 10.3. The number of hydrogen-bond acceptors (Lipinski definition) is 2. The molecule has 0 unspecified atom stereocenters. The highest BCUT2D eigenvalue weighted by molar-refractivity contribution is 8.11. The number of amides is 1. The van der Waals surface area contributed by atoms with Crippen LogP contribution in [0.1, 0.15) is 6.92 Å². The smallest absolute Gasteiger partial charge is 0.235 e. The minimum Gasteiger partial charge on any atom is -0.274 e. The number of carbonyl (C=O) groups is 1. The molecule has 0 aliphatic rings. The van der Waals surface area contributed by atoms with Crippen LogP contribution in [0, 0.1) is 0 Å². The Labute approximate surface area is 93.5 Å². The Morgan fingerprint density at radius 1 is 1.43 bits per heavy atom. The van der Waals surface area contributed by atoms with Crippen LogP contribution in [-0.2, 0) is 4.79 Å². The fourth-order valence-corrected chi connectivity index (χ4v) is 1.27. The highest BCUT2D eigenvalue weighted by Crippen LogP contribution is 2.12. The fourth-order valence-electron chi connectivity index (χ4n) is 0.957. The van der Waals surface area contributed by atoms with E-state index in [-0.39, 0.29) is 5.91 Å². The topological polar surface area (TPSA) is 32.3 Å². The summed E-state index contributed by atoms with van der Waals surface area (Å²) in [6, 6.07) is 9.26. The molecule has 74 valence electrons. The second-order valence-corrected chi connectivity index (χ2v) is 3.73. The van der Waals surface area contributed by atoms with Gasteiger partial charge in [-0.05, 0) is 12.1 Å². The Bertz CT molecular complexity index is 340. The van der Waals surface area contributed by atoms with E-state index in [1.54, 1.807) is 0 Å².